The monoisotopic (exact) mass is 435 g/mol. The van der Waals surface area contributed by atoms with E-state index in [1.807, 2.05) is 6.92 Å². The number of hydrogen-bond acceptors (Lipinski definition) is 3. The molecule has 0 aromatic heterocycles. The van der Waals surface area contributed by atoms with Crippen molar-refractivity contribution in [1.82, 2.24) is 9.80 Å². The van der Waals surface area contributed by atoms with Gasteiger partial charge in [-0.3, -0.25) is 14.6 Å². The van der Waals surface area contributed by atoms with Gasteiger partial charge >= 0.3 is 6.18 Å². The van der Waals surface area contributed by atoms with Crippen molar-refractivity contribution in [2.24, 2.45) is 4.99 Å². The van der Waals surface area contributed by atoms with E-state index in [4.69, 9.17) is 0 Å². The Morgan fingerprint density at radius 2 is 1.74 bits per heavy atom. The van der Waals surface area contributed by atoms with Crippen molar-refractivity contribution >= 4 is 17.5 Å². The number of halogens is 3. The number of hydrogen-bond donors (Lipinski definition) is 0. The smallest absolute Gasteiger partial charge is 0.337 e. The quantitative estimate of drug-likeness (QED) is 0.670. The van der Waals surface area contributed by atoms with E-state index in [0.29, 0.717) is 50.3 Å². The van der Waals surface area contributed by atoms with Crippen LogP contribution in [0.15, 0.2) is 40.4 Å². The molecule has 0 unspecified atom stereocenters. The van der Waals surface area contributed by atoms with Gasteiger partial charge in [0.2, 0.25) is 5.91 Å². The molecule has 3 rings (SSSR count). The zero-order valence-electron chi connectivity index (χ0n) is 18.1. The molecule has 1 saturated heterocycles. The summed E-state index contributed by atoms with van der Waals surface area (Å²) in [6.45, 7) is 5.11. The molecule has 2 heterocycles. The van der Waals surface area contributed by atoms with E-state index in [9.17, 15) is 22.8 Å². The number of aliphatic imine (C=N–C) groups is 1. The second-order valence-electron chi connectivity index (χ2n) is 8.03. The summed E-state index contributed by atoms with van der Waals surface area (Å²) in [5.74, 6) is -0.501. The number of likely N-dealkylation sites (tertiary alicyclic amines) is 1. The number of alkyl halides is 3. The summed E-state index contributed by atoms with van der Waals surface area (Å²) in [4.78, 5) is 32.6. The highest BCUT2D eigenvalue weighted by molar-refractivity contribution is 6.45. The molecule has 0 bridgehead atoms. The van der Waals surface area contributed by atoms with Gasteiger partial charge < -0.3 is 9.80 Å². The first-order valence-electron chi connectivity index (χ1n) is 10.6. The van der Waals surface area contributed by atoms with Crippen molar-refractivity contribution in [3.63, 3.8) is 0 Å². The van der Waals surface area contributed by atoms with Gasteiger partial charge in [-0.05, 0) is 42.4 Å². The van der Waals surface area contributed by atoms with Crippen LogP contribution in [-0.2, 0) is 15.8 Å². The molecule has 0 spiro atoms. The summed E-state index contributed by atoms with van der Waals surface area (Å²) >= 11 is 0. The van der Waals surface area contributed by atoms with Gasteiger partial charge in [0.1, 0.15) is 5.71 Å². The van der Waals surface area contributed by atoms with Crippen molar-refractivity contribution in [1.29, 1.82) is 0 Å². The molecule has 2 aliphatic heterocycles. The molecule has 1 aromatic rings. The van der Waals surface area contributed by atoms with Crippen LogP contribution in [0.5, 0.6) is 0 Å². The maximum atomic E-state index is 13.4. The van der Waals surface area contributed by atoms with Gasteiger partial charge in [-0.1, -0.05) is 25.1 Å². The first-order chi connectivity index (χ1) is 14.7. The summed E-state index contributed by atoms with van der Waals surface area (Å²) in [7, 11) is 1.57. The summed E-state index contributed by atoms with van der Waals surface area (Å²) in [6, 6.07) is 5.69. The minimum Gasteiger partial charge on any atom is -0.337 e. The normalized spacial score (nSPS) is 18.7. The fourth-order valence-electron chi connectivity index (χ4n) is 4.49. The van der Waals surface area contributed by atoms with Crippen LogP contribution >= 0.6 is 0 Å². The van der Waals surface area contributed by atoms with Gasteiger partial charge in [-0.2, -0.15) is 13.2 Å². The Kier molecular flexibility index (Phi) is 6.86. The van der Waals surface area contributed by atoms with Crippen LogP contribution in [0.25, 0.3) is 0 Å². The van der Waals surface area contributed by atoms with Crippen LogP contribution in [0.4, 0.5) is 13.2 Å². The van der Waals surface area contributed by atoms with Crippen LogP contribution in [0.2, 0.25) is 0 Å². The molecule has 0 N–H and O–H groups in total. The van der Waals surface area contributed by atoms with Crippen molar-refractivity contribution in [2.45, 2.75) is 45.2 Å². The highest BCUT2D eigenvalue weighted by atomic mass is 19.4. The molecule has 0 atom stereocenters. The molecule has 168 valence electrons. The van der Waals surface area contributed by atoms with Crippen molar-refractivity contribution in [2.75, 3.05) is 33.2 Å². The lowest BCUT2D eigenvalue weighted by Crippen LogP contribution is -2.43. The van der Waals surface area contributed by atoms with Crippen LogP contribution in [0.3, 0.4) is 0 Å². The van der Waals surface area contributed by atoms with Gasteiger partial charge in [-0.25, -0.2) is 0 Å². The number of amides is 2. The number of carbonyl (C=O) groups excluding carboxylic acids is 2. The fraction of sp³-hybridized carbons (Fsp3) is 0.522. The second-order valence-corrected chi connectivity index (χ2v) is 8.03. The summed E-state index contributed by atoms with van der Waals surface area (Å²) < 4.78 is 40.1. The van der Waals surface area contributed by atoms with E-state index >= 15 is 0 Å². The number of rotatable bonds is 4. The molecule has 31 heavy (non-hydrogen) atoms. The van der Waals surface area contributed by atoms with Gasteiger partial charge in [0.25, 0.3) is 5.91 Å². The fourth-order valence-corrected chi connectivity index (χ4v) is 4.49. The Morgan fingerprint density at radius 3 is 2.29 bits per heavy atom. The Balaban J connectivity index is 1.73. The first-order valence-corrected chi connectivity index (χ1v) is 10.6. The third-order valence-corrected chi connectivity index (χ3v) is 6.23. The van der Waals surface area contributed by atoms with Gasteiger partial charge in [0.05, 0.1) is 5.56 Å². The average molecular weight is 435 g/mol. The molecule has 5 nitrogen and oxygen atoms in total. The molecule has 2 aliphatic rings. The Hall–Kier alpha value is -2.64. The third-order valence-electron chi connectivity index (χ3n) is 6.23. The van der Waals surface area contributed by atoms with E-state index in [-0.39, 0.29) is 17.7 Å². The van der Waals surface area contributed by atoms with Gasteiger partial charge in [-0.15, -0.1) is 0 Å². The van der Waals surface area contributed by atoms with E-state index in [0.717, 1.165) is 23.6 Å². The predicted molar refractivity (Wildman–Crippen MR) is 113 cm³/mol. The molecule has 1 aromatic carbocycles. The third kappa shape index (κ3) is 4.83. The minimum atomic E-state index is -4.39. The lowest BCUT2D eigenvalue weighted by molar-refractivity contribution is -0.138. The molecule has 1 fully saturated rings. The van der Waals surface area contributed by atoms with Crippen molar-refractivity contribution in [3.05, 3.63) is 46.5 Å². The molecule has 2 amide bonds. The summed E-state index contributed by atoms with van der Waals surface area (Å²) in [5, 5.41) is 0. The number of piperidine rings is 1. The zero-order chi connectivity index (χ0) is 22.8. The number of benzene rings is 1. The lowest BCUT2D eigenvalue weighted by Gasteiger charge is -2.33. The van der Waals surface area contributed by atoms with Gasteiger partial charge in [0.15, 0.2) is 0 Å². The standard InChI is InChI=1S/C23H28F3N3O2/c1-4-16-13-29(15(2)30)14-19(16)21(27-3)22(31)28-11-9-17(10-12-28)18-7-5-6-8-20(18)23(24,25)26/h5-8,17H,4,9-14H2,1-3H3/b27-21+. The molecule has 0 aliphatic carbocycles. The summed E-state index contributed by atoms with van der Waals surface area (Å²) in [5.41, 5.74) is 1.89. The maximum Gasteiger partial charge on any atom is 0.416 e. The molecule has 8 heteroatoms. The highest BCUT2D eigenvalue weighted by Crippen LogP contribution is 2.38. The largest absolute Gasteiger partial charge is 0.416 e. The van der Waals surface area contributed by atoms with Crippen molar-refractivity contribution < 1.29 is 22.8 Å². The average Bonchev–Trinajstić information content (AvgIpc) is 3.18. The van der Waals surface area contributed by atoms with Gasteiger partial charge in [0, 0.05) is 45.7 Å². The molecular formula is C23H28F3N3O2. The Morgan fingerprint density at radius 1 is 1.10 bits per heavy atom. The number of nitrogens with zero attached hydrogens (tertiary/aromatic N) is 3. The molecule has 0 radical (unpaired) electrons. The van der Waals surface area contributed by atoms with Crippen LogP contribution < -0.4 is 0 Å². The molecule has 0 saturated carbocycles. The second kappa shape index (κ2) is 9.24. The predicted octanol–water partition coefficient (Wildman–Crippen LogP) is 4.05. The summed E-state index contributed by atoms with van der Waals surface area (Å²) in [6.07, 6.45) is -2.73. The SMILES string of the molecule is CCC1=C(/C(=N\C)C(=O)N2CCC(c3ccccc3C(F)(F)F)CC2)CN(C(C)=O)C1. The van der Waals surface area contributed by atoms with Crippen molar-refractivity contribution in [3.8, 4) is 0 Å². The van der Waals surface area contributed by atoms with Crippen LogP contribution in [0, 0.1) is 0 Å². The number of carbonyl (C=O) groups is 2. The zero-order valence-corrected chi connectivity index (χ0v) is 18.1. The van der Waals surface area contributed by atoms with E-state index in [2.05, 4.69) is 4.99 Å². The Bertz CT molecular complexity index is 913. The van der Waals surface area contributed by atoms with E-state index < -0.39 is 11.7 Å². The Labute approximate surface area is 180 Å². The maximum absolute atomic E-state index is 13.4. The lowest BCUT2D eigenvalue weighted by atomic mass is 9.86. The highest BCUT2D eigenvalue weighted by Gasteiger charge is 2.37. The van der Waals surface area contributed by atoms with Crippen LogP contribution in [0.1, 0.15) is 50.2 Å². The van der Waals surface area contributed by atoms with E-state index in [1.54, 1.807) is 22.9 Å². The first kappa shape index (κ1) is 23.0. The van der Waals surface area contributed by atoms with E-state index in [1.165, 1.54) is 19.1 Å². The molecular weight excluding hydrogens is 407 g/mol. The topological polar surface area (TPSA) is 53.0 Å². The minimum absolute atomic E-state index is 0.0482. The van der Waals surface area contributed by atoms with Crippen LogP contribution in [-0.4, -0.2) is 60.6 Å².